The zero-order valence-corrected chi connectivity index (χ0v) is 13.9. The maximum Gasteiger partial charge on any atom is 0.138 e. The maximum atomic E-state index is 6.10. The number of nitrogens with one attached hydrogen (secondary N) is 1. The molecule has 2 rings (SSSR count). The van der Waals surface area contributed by atoms with Gasteiger partial charge in [-0.2, -0.15) is 0 Å². The predicted molar refractivity (Wildman–Crippen MR) is 91.0 cm³/mol. The van der Waals surface area contributed by atoms with E-state index in [0.29, 0.717) is 22.3 Å². The molecule has 0 fully saturated rings. The Bertz CT molecular complexity index is 608. The molecule has 21 heavy (non-hydrogen) atoms. The van der Waals surface area contributed by atoms with E-state index in [9.17, 15) is 0 Å². The number of rotatable bonds is 5. The minimum absolute atomic E-state index is 0.00973. The molecule has 0 aliphatic heterocycles. The van der Waals surface area contributed by atoms with Gasteiger partial charge in [0.2, 0.25) is 0 Å². The number of anilines is 1. The zero-order chi connectivity index (χ0) is 15.4. The molecule has 2 nitrogen and oxygen atoms in total. The van der Waals surface area contributed by atoms with Gasteiger partial charge in [0.15, 0.2) is 0 Å². The third-order valence-corrected chi connectivity index (χ3v) is 3.57. The predicted octanol–water partition coefficient (Wildman–Crippen LogP) is 5.49. The van der Waals surface area contributed by atoms with Crippen LogP contribution >= 0.6 is 23.2 Å². The Kier molecular flexibility index (Phi) is 5.38. The number of aryl methyl sites for hydroxylation is 2. The van der Waals surface area contributed by atoms with Crippen LogP contribution in [0, 0.1) is 13.8 Å². The van der Waals surface area contributed by atoms with Crippen LogP contribution in [0.3, 0.4) is 0 Å². The molecular weight excluding hydrogens is 305 g/mol. The molecule has 2 aromatic rings. The van der Waals surface area contributed by atoms with Crippen LogP contribution in [0.4, 0.5) is 5.69 Å². The second-order valence-electron chi connectivity index (χ2n) is 5.26. The fourth-order valence-electron chi connectivity index (χ4n) is 2.17. The summed E-state index contributed by atoms with van der Waals surface area (Å²) in [5.41, 5.74) is 3.59. The van der Waals surface area contributed by atoms with Crippen LogP contribution in [-0.4, -0.2) is 12.6 Å². The van der Waals surface area contributed by atoms with Gasteiger partial charge in [0.05, 0.1) is 11.6 Å². The molecule has 0 saturated heterocycles. The highest BCUT2D eigenvalue weighted by atomic mass is 35.5. The smallest absolute Gasteiger partial charge is 0.138 e. The average molecular weight is 324 g/mol. The van der Waals surface area contributed by atoms with Gasteiger partial charge >= 0.3 is 0 Å². The molecule has 0 heterocycles. The van der Waals surface area contributed by atoms with E-state index in [1.54, 1.807) is 18.2 Å². The van der Waals surface area contributed by atoms with Crippen molar-refractivity contribution >= 4 is 28.9 Å². The summed E-state index contributed by atoms with van der Waals surface area (Å²) in [5, 5.41) is 4.52. The summed E-state index contributed by atoms with van der Waals surface area (Å²) in [6.45, 7) is 6.87. The van der Waals surface area contributed by atoms with Crippen LogP contribution in [0.2, 0.25) is 10.0 Å². The quantitative estimate of drug-likeness (QED) is 0.785. The molecule has 0 amide bonds. The molecule has 1 N–H and O–H groups in total. The van der Waals surface area contributed by atoms with Gasteiger partial charge in [-0.15, -0.1) is 0 Å². The van der Waals surface area contributed by atoms with Gasteiger partial charge in [-0.3, -0.25) is 0 Å². The fraction of sp³-hybridized carbons (Fsp3) is 0.294. The van der Waals surface area contributed by atoms with Crippen LogP contribution in [0.15, 0.2) is 36.4 Å². The molecule has 4 heteroatoms. The lowest BCUT2D eigenvalue weighted by Gasteiger charge is -2.17. The maximum absolute atomic E-state index is 6.10. The minimum Gasteiger partial charge on any atom is -0.487 e. The van der Waals surface area contributed by atoms with Gasteiger partial charge in [-0.25, -0.2) is 0 Å². The Morgan fingerprint density at radius 1 is 1.05 bits per heavy atom. The van der Waals surface area contributed by atoms with Crippen molar-refractivity contribution < 1.29 is 4.74 Å². The topological polar surface area (TPSA) is 21.3 Å². The molecular formula is C17H19Cl2NO. The standard InChI is InChI=1S/C17H19Cl2NO/c1-11-6-12(2)8-15(7-11)20-10-13(3)21-17-5-4-14(18)9-16(17)19/h4-9,13,20H,10H2,1-3H3. The Morgan fingerprint density at radius 3 is 2.33 bits per heavy atom. The van der Waals surface area contributed by atoms with Gasteiger partial charge in [-0.05, 0) is 62.2 Å². The van der Waals surface area contributed by atoms with Crippen LogP contribution in [0.1, 0.15) is 18.1 Å². The second kappa shape index (κ2) is 7.06. The molecule has 0 aliphatic rings. The van der Waals surface area contributed by atoms with Crippen molar-refractivity contribution in [2.24, 2.45) is 0 Å². The molecule has 0 spiro atoms. The highest BCUT2D eigenvalue weighted by Gasteiger charge is 2.08. The van der Waals surface area contributed by atoms with Crippen LogP contribution in [0.5, 0.6) is 5.75 Å². The summed E-state index contributed by atoms with van der Waals surface area (Å²) in [6.07, 6.45) is -0.00973. The third-order valence-electron chi connectivity index (χ3n) is 3.04. The molecule has 1 atom stereocenters. The number of hydrogen-bond acceptors (Lipinski definition) is 2. The minimum atomic E-state index is -0.00973. The summed E-state index contributed by atoms with van der Waals surface area (Å²) >= 11 is 12.0. The summed E-state index contributed by atoms with van der Waals surface area (Å²) in [5.74, 6) is 0.649. The van der Waals surface area contributed by atoms with Gasteiger partial charge in [0.1, 0.15) is 11.9 Å². The van der Waals surface area contributed by atoms with Gasteiger partial charge in [-0.1, -0.05) is 29.3 Å². The molecule has 0 bridgehead atoms. The first-order chi connectivity index (χ1) is 9.94. The van der Waals surface area contributed by atoms with Gasteiger partial charge in [0, 0.05) is 10.7 Å². The Balaban J connectivity index is 1.94. The van der Waals surface area contributed by atoms with Crippen molar-refractivity contribution in [2.75, 3.05) is 11.9 Å². The van der Waals surface area contributed by atoms with Crippen molar-refractivity contribution in [1.29, 1.82) is 0 Å². The van der Waals surface area contributed by atoms with Gasteiger partial charge in [0.25, 0.3) is 0 Å². The van der Waals surface area contributed by atoms with E-state index in [-0.39, 0.29) is 6.10 Å². The monoisotopic (exact) mass is 323 g/mol. The normalized spacial score (nSPS) is 12.0. The summed E-state index contributed by atoms with van der Waals surface area (Å²) < 4.78 is 5.83. The van der Waals surface area contributed by atoms with Crippen LogP contribution < -0.4 is 10.1 Å². The first kappa shape index (κ1) is 16.0. The van der Waals surface area contributed by atoms with E-state index in [0.717, 1.165) is 5.69 Å². The van der Waals surface area contributed by atoms with Crippen LogP contribution in [-0.2, 0) is 0 Å². The summed E-state index contributed by atoms with van der Waals surface area (Å²) in [6, 6.07) is 11.6. The first-order valence-corrected chi connectivity index (χ1v) is 7.63. The molecule has 0 radical (unpaired) electrons. The van der Waals surface area contributed by atoms with E-state index in [1.165, 1.54) is 11.1 Å². The van der Waals surface area contributed by atoms with Crippen molar-refractivity contribution in [3.63, 3.8) is 0 Å². The molecule has 2 aromatic carbocycles. The number of halogens is 2. The molecule has 0 saturated carbocycles. The number of ether oxygens (including phenoxy) is 1. The Labute approximate surface area is 136 Å². The van der Waals surface area contributed by atoms with Crippen molar-refractivity contribution in [1.82, 2.24) is 0 Å². The largest absolute Gasteiger partial charge is 0.487 e. The Morgan fingerprint density at radius 2 is 1.71 bits per heavy atom. The molecule has 0 aromatic heterocycles. The van der Waals surface area contributed by atoms with E-state index >= 15 is 0 Å². The molecule has 0 aliphatic carbocycles. The SMILES string of the molecule is Cc1cc(C)cc(NCC(C)Oc2ccc(Cl)cc2Cl)c1. The second-order valence-corrected chi connectivity index (χ2v) is 6.10. The van der Waals surface area contributed by atoms with Crippen molar-refractivity contribution in [3.8, 4) is 5.75 Å². The average Bonchev–Trinajstić information content (AvgIpc) is 2.39. The van der Waals surface area contributed by atoms with E-state index in [1.807, 2.05) is 6.92 Å². The Hall–Kier alpha value is -1.38. The van der Waals surface area contributed by atoms with Crippen molar-refractivity contribution in [2.45, 2.75) is 26.9 Å². The van der Waals surface area contributed by atoms with E-state index in [2.05, 4.69) is 37.4 Å². The third kappa shape index (κ3) is 4.83. The molecule has 1 unspecified atom stereocenters. The lowest BCUT2D eigenvalue weighted by atomic mass is 10.1. The van der Waals surface area contributed by atoms with E-state index in [4.69, 9.17) is 27.9 Å². The fourth-order valence-corrected chi connectivity index (χ4v) is 2.62. The lowest BCUT2D eigenvalue weighted by Crippen LogP contribution is -2.22. The first-order valence-electron chi connectivity index (χ1n) is 6.88. The van der Waals surface area contributed by atoms with Gasteiger partial charge < -0.3 is 10.1 Å². The highest BCUT2D eigenvalue weighted by Crippen LogP contribution is 2.28. The van der Waals surface area contributed by atoms with Crippen molar-refractivity contribution in [3.05, 3.63) is 57.6 Å². The number of benzene rings is 2. The number of hydrogen-bond donors (Lipinski definition) is 1. The summed E-state index contributed by atoms with van der Waals surface area (Å²) in [4.78, 5) is 0. The molecule has 112 valence electrons. The zero-order valence-electron chi connectivity index (χ0n) is 12.4. The van der Waals surface area contributed by atoms with Crippen LogP contribution in [0.25, 0.3) is 0 Å². The summed E-state index contributed by atoms with van der Waals surface area (Å²) in [7, 11) is 0. The van der Waals surface area contributed by atoms with E-state index < -0.39 is 0 Å². The lowest BCUT2D eigenvalue weighted by molar-refractivity contribution is 0.235. The highest BCUT2D eigenvalue weighted by molar-refractivity contribution is 6.35.